The van der Waals surface area contributed by atoms with E-state index in [9.17, 15) is 0 Å². The van der Waals surface area contributed by atoms with Crippen LogP contribution in [0.2, 0.25) is 0 Å². The average molecular weight is 150 g/mol. The molecule has 0 saturated carbocycles. The van der Waals surface area contributed by atoms with Gasteiger partial charge < -0.3 is 5.73 Å². The molecule has 0 aromatic carbocycles. The van der Waals surface area contributed by atoms with Crippen molar-refractivity contribution in [3.8, 4) is 0 Å². The van der Waals surface area contributed by atoms with Crippen molar-refractivity contribution >= 4 is 5.69 Å². The second kappa shape index (κ2) is 3.37. The normalized spacial score (nSPS) is 10.0. The van der Waals surface area contributed by atoms with Crippen molar-refractivity contribution in [1.82, 2.24) is 4.98 Å². The van der Waals surface area contributed by atoms with Gasteiger partial charge in [-0.05, 0) is 25.0 Å². The van der Waals surface area contributed by atoms with Crippen molar-refractivity contribution in [2.75, 3.05) is 5.73 Å². The van der Waals surface area contributed by atoms with E-state index in [2.05, 4.69) is 11.9 Å². The third kappa shape index (κ3) is 1.93. The monoisotopic (exact) mass is 150 g/mol. The molecule has 2 heteroatoms. The van der Waals surface area contributed by atoms with Crippen LogP contribution < -0.4 is 5.73 Å². The molecule has 0 aliphatic rings. The molecular formula is C9H14N2. The zero-order valence-corrected chi connectivity index (χ0v) is 7.09. The second-order valence-electron chi connectivity index (χ2n) is 2.80. The Bertz CT molecular complexity index is 243. The van der Waals surface area contributed by atoms with Crippen LogP contribution in [0, 0.1) is 6.92 Å². The highest BCUT2D eigenvalue weighted by molar-refractivity contribution is 5.44. The Balaban J connectivity index is 2.90. The van der Waals surface area contributed by atoms with Crippen LogP contribution in [-0.2, 0) is 6.42 Å². The Hall–Kier alpha value is -1.05. The summed E-state index contributed by atoms with van der Waals surface area (Å²) in [5, 5.41) is 0. The molecule has 1 heterocycles. The molecule has 11 heavy (non-hydrogen) atoms. The van der Waals surface area contributed by atoms with E-state index >= 15 is 0 Å². The zero-order valence-electron chi connectivity index (χ0n) is 7.09. The van der Waals surface area contributed by atoms with Gasteiger partial charge in [-0.3, -0.25) is 4.98 Å². The molecule has 2 N–H and O–H groups in total. The molecule has 0 fully saturated rings. The van der Waals surface area contributed by atoms with Crippen LogP contribution in [0.15, 0.2) is 12.3 Å². The molecule has 1 aromatic rings. The number of aromatic nitrogens is 1. The molecule has 0 spiro atoms. The van der Waals surface area contributed by atoms with Gasteiger partial charge >= 0.3 is 0 Å². The summed E-state index contributed by atoms with van der Waals surface area (Å²) in [6.07, 6.45) is 3.94. The minimum atomic E-state index is 0.826. The highest BCUT2D eigenvalue weighted by Gasteiger charge is 1.98. The van der Waals surface area contributed by atoms with E-state index in [-0.39, 0.29) is 0 Å². The Morgan fingerprint density at radius 2 is 2.27 bits per heavy atom. The summed E-state index contributed by atoms with van der Waals surface area (Å²) in [6, 6.07) is 1.97. The smallest absolute Gasteiger partial charge is 0.0632 e. The fraction of sp³-hybridized carbons (Fsp3) is 0.444. The first kappa shape index (κ1) is 8.05. The summed E-state index contributed by atoms with van der Waals surface area (Å²) in [4.78, 5) is 4.24. The average Bonchev–Trinajstić information content (AvgIpc) is 1.95. The number of nitrogens with two attached hydrogens (primary N) is 1. The van der Waals surface area contributed by atoms with Crippen LogP contribution in [0.3, 0.4) is 0 Å². The molecule has 1 rings (SSSR count). The third-order valence-electron chi connectivity index (χ3n) is 1.63. The van der Waals surface area contributed by atoms with E-state index < -0.39 is 0 Å². The minimum absolute atomic E-state index is 0.826. The summed E-state index contributed by atoms with van der Waals surface area (Å²) in [5.74, 6) is 0. The van der Waals surface area contributed by atoms with Crippen molar-refractivity contribution in [1.29, 1.82) is 0 Å². The first-order valence-electron chi connectivity index (χ1n) is 3.95. The van der Waals surface area contributed by atoms with Crippen molar-refractivity contribution < 1.29 is 0 Å². The quantitative estimate of drug-likeness (QED) is 0.699. The van der Waals surface area contributed by atoms with Gasteiger partial charge in [0.15, 0.2) is 0 Å². The van der Waals surface area contributed by atoms with E-state index in [0.29, 0.717) is 0 Å². The molecule has 2 nitrogen and oxygen atoms in total. The minimum Gasteiger partial charge on any atom is -0.397 e. The Morgan fingerprint density at radius 1 is 1.55 bits per heavy atom. The maximum Gasteiger partial charge on any atom is 0.0632 e. The maximum atomic E-state index is 5.74. The number of nitrogen functional groups attached to an aromatic ring is 1. The molecule has 0 saturated heterocycles. The van der Waals surface area contributed by atoms with Crippen LogP contribution in [-0.4, -0.2) is 4.98 Å². The van der Waals surface area contributed by atoms with Gasteiger partial charge in [0.2, 0.25) is 0 Å². The number of hydrogen-bond donors (Lipinski definition) is 1. The van der Waals surface area contributed by atoms with Crippen molar-refractivity contribution in [3.63, 3.8) is 0 Å². The third-order valence-corrected chi connectivity index (χ3v) is 1.63. The van der Waals surface area contributed by atoms with Crippen LogP contribution in [0.25, 0.3) is 0 Å². The second-order valence-corrected chi connectivity index (χ2v) is 2.80. The molecule has 0 unspecified atom stereocenters. The number of hydrogen-bond acceptors (Lipinski definition) is 2. The zero-order chi connectivity index (χ0) is 8.27. The lowest BCUT2D eigenvalue weighted by atomic mass is 10.2. The SMILES string of the molecule is CCCc1ncc(C)cc1N. The molecule has 60 valence electrons. The lowest BCUT2D eigenvalue weighted by Crippen LogP contribution is -1.97. The van der Waals surface area contributed by atoms with Gasteiger partial charge in [0.25, 0.3) is 0 Å². The number of pyridine rings is 1. The predicted octanol–water partition coefficient (Wildman–Crippen LogP) is 1.92. The van der Waals surface area contributed by atoms with Crippen molar-refractivity contribution in [2.45, 2.75) is 26.7 Å². The molecule has 0 aliphatic heterocycles. The van der Waals surface area contributed by atoms with Gasteiger partial charge in [-0.1, -0.05) is 13.3 Å². The van der Waals surface area contributed by atoms with Gasteiger partial charge in [0.1, 0.15) is 0 Å². The highest BCUT2D eigenvalue weighted by atomic mass is 14.7. The van der Waals surface area contributed by atoms with Gasteiger partial charge in [0, 0.05) is 6.20 Å². The van der Waals surface area contributed by atoms with E-state index in [0.717, 1.165) is 29.8 Å². The first-order valence-corrected chi connectivity index (χ1v) is 3.95. The predicted molar refractivity (Wildman–Crippen MR) is 47.4 cm³/mol. The number of aryl methyl sites for hydroxylation is 2. The summed E-state index contributed by atoms with van der Waals surface area (Å²) >= 11 is 0. The van der Waals surface area contributed by atoms with Crippen LogP contribution in [0.5, 0.6) is 0 Å². The molecular weight excluding hydrogens is 136 g/mol. The standard InChI is InChI=1S/C9H14N2/c1-3-4-9-8(10)5-7(2)6-11-9/h5-6H,3-4,10H2,1-2H3. The van der Waals surface area contributed by atoms with E-state index in [1.807, 2.05) is 19.2 Å². The Kier molecular flexibility index (Phi) is 2.47. The van der Waals surface area contributed by atoms with Crippen LogP contribution >= 0.6 is 0 Å². The summed E-state index contributed by atoms with van der Waals surface area (Å²) < 4.78 is 0. The molecule has 0 atom stereocenters. The summed E-state index contributed by atoms with van der Waals surface area (Å²) in [5.41, 5.74) is 8.72. The summed E-state index contributed by atoms with van der Waals surface area (Å²) in [6.45, 7) is 4.13. The Morgan fingerprint density at radius 3 is 2.82 bits per heavy atom. The molecule has 0 amide bonds. The van der Waals surface area contributed by atoms with Gasteiger partial charge in [-0.15, -0.1) is 0 Å². The maximum absolute atomic E-state index is 5.74. The van der Waals surface area contributed by atoms with Crippen LogP contribution in [0.4, 0.5) is 5.69 Å². The van der Waals surface area contributed by atoms with Gasteiger partial charge in [0.05, 0.1) is 11.4 Å². The van der Waals surface area contributed by atoms with E-state index in [1.54, 1.807) is 0 Å². The van der Waals surface area contributed by atoms with E-state index in [4.69, 9.17) is 5.73 Å². The van der Waals surface area contributed by atoms with Gasteiger partial charge in [-0.25, -0.2) is 0 Å². The highest BCUT2D eigenvalue weighted by Crippen LogP contribution is 2.11. The number of rotatable bonds is 2. The first-order chi connectivity index (χ1) is 5.24. The lowest BCUT2D eigenvalue weighted by molar-refractivity contribution is 0.884. The molecule has 0 radical (unpaired) electrons. The largest absolute Gasteiger partial charge is 0.397 e. The molecule has 1 aromatic heterocycles. The van der Waals surface area contributed by atoms with E-state index in [1.165, 1.54) is 0 Å². The number of anilines is 1. The van der Waals surface area contributed by atoms with Crippen molar-refractivity contribution in [2.24, 2.45) is 0 Å². The fourth-order valence-electron chi connectivity index (χ4n) is 1.07. The fourth-order valence-corrected chi connectivity index (χ4v) is 1.07. The molecule has 0 bridgehead atoms. The lowest BCUT2D eigenvalue weighted by Gasteiger charge is -2.02. The van der Waals surface area contributed by atoms with Gasteiger partial charge in [-0.2, -0.15) is 0 Å². The molecule has 0 aliphatic carbocycles. The topological polar surface area (TPSA) is 38.9 Å². The number of nitrogens with zero attached hydrogens (tertiary/aromatic N) is 1. The van der Waals surface area contributed by atoms with Crippen LogP contribution in [0.1, 0.15) is 24.6 Å². The Labute approximate surface area is 67.5 Å². The summed E-state index contributed by atoms with van der Waals surface area (Å²) in [7, 11) is 0. The van der Waals surface area contributed by atoms with Crippen molar-refractivity contribution in [3.05, 3.63) is 23.5 Å².